The molecule has 3 aromatic rings. The van der Waals surface area contributed by atoms with Crippen molar-refractivity contribution in [2.75, 3.05) is 51.1 Å². The summed E-state index contributed by atoms with van der Waals surface area (Å²) in [4.78, 5) is 18.3. The van der Waals surface area contributed by atoms with E-state index in [0.717, 1.165) is 48.3 Å². The minimum absolute atomic E-state index is 0. The number of para-hydroxylation sites is 1. The molecule has 0 aliphatic carbocycles. The summed E-state index contributed by atoms with van der Waals surface area (Å²) in [6.45, 7) is 5.20. The Morgan fingerprint density at radius 3 is 2.59 bits per heavy atom. The van der Waals surface area contributed by atoms with E-state index in [1.54, 1.807) is 13.4 Å². The molecule has 2 aromatic heterocycles. The average Bonchev–Trinajstić information content (AvgIpc) is 2.87. The highest BCUT2D eigenvalue weighted by molar-refractivity contribution is 7.59. The number of likely N-dealkylation sites (tertiary alicyclic amines) is 1. The zero-order valence-electron chi connectivity index (χ0n) is 20.5. The van der Waals surface area contributed by atoms with Crippen molar-refractivity contribution < 1.29 is 4.74 Å². The molecule has 1 saturated heterocycles. The lowest BCUT2D eigenvalue weighted by Gasteiger charge is -2.35. The number of anilines is 2. The van der Waals surface area contributed by atoms with E-state index < -0.39 is 0 Å². The molecule has 0 amide bonds. The quantitative estimate of drug-likeness (QED) is 0.512. The number of nitrogens with zero attached hydrogens (tertiary/aromatic N) is 5. The largest absolute Gasteiger partial charge is 0.496 e. The molecule has 1 N–H and O–H groups in total. The Labute approximate surface area is 210 Å². The highest BCUT2D eigenvalue weighted by Crippen LogP contribution is 2.27. The number of pyridine rings is 1. The molecule has 0 bridgehead atoms. The number of ether oxygens (including phenoxy) is 1. The van der Waals surface area contributed by atoms with Crippen molar-refractivity contribution in [2.45, 2.75) is 31.7 Å². The van der Waals surface area contributed by atoms with Crippen LogP contribution in [0.4, 0.5) is 11.6 Å². The first-order valence-electron chi connectivity index (χ1n) is 11.6. The normalized spacial score (nSPS) is 15.3. The van der Waals surface area contributed by atoms with Gasteiger partial charge in [0, 0.05) is 43.4 Å². The fraction of sp³-hybridized carbons (Fsp3) is 0.423. The topological polar surface area (TPSA) is 66.4 Å². The van der Waals surface area contributed by atoms with Crippen LogP contribution in [0.2, 0.25) is 0 Å². The predicted octanol–water partition coefficient (Wildman–Crippen LogP) is 4.41. The second-order valence-corrected chi connectivity index (χ2v) is 8.86. The van der Waals surface area contributed by atoms with Gasteiger partial charge in [0.1, 0.15) is 23.7 Å². The third-order valence-electron chi connectivity index (χ3n) is 6.57. The van der Waals surface area contributed by atoms with Crippen LogP contribution in [0.15, 0.2) is 55.0 Å². The third kappa shape index (κ3) is 6.18. The summed E-state index contributed by atoms with van der Waals surface area (Å²) in [6.07, 6.45) is 5.85. The summed E-state index contributed by atoms with van der Waals surface area (Å²) in [5.74, 6) is 2.99. The maximum atomic E-state index is 5.50. The van der Waals surface area contributed by atoms with Gasteiger partial charge in [-0.05, 0) is 56.7 Å². The molecule has 8 heteroatoms. The van der Waals surface area contributed by atoms with Crippen LogP contribution in [-0.4, -0.2) is 66.7 Å². The lowest BCUT2D eigenvalue weighted by atomic mass is 10.00. The predicted molar refractivity (Wildman–Crippen MR) is 144 cm³/mol. The number of hydrogen-bond donors (Lipinski definition) is 1. The molecular formula is C26H36N6OS. The highest BCUT2D eigenvalue weighted by Gasteiger charge is 2.21. The van der Waals surface area contributed by atoms with Crippen molar-refractivity contribution in [1.82, 2.24) is 19.9 Å². The Morgan fingerprint density at radius 1 is 1.12 bits per heavy atom. The van der Waals surface area contributed by atoms with Crippen molar-refractivity contribution in [3.63, 3.8) is 0 Å². The third-order valence-corrected chi connectivity index (χ3v) is 6.57. The van der Waals surface area contributed by atoms with E-state index in [2.05, 4.69) is 64.3 Å². The van der Waals surface area contributed by atoms with Crippen LogP contribution in [-0.2, 0) is 0 Å². The minimum Gasteiger partial charge on any atom is -0.496 e. The summed E-state index contributed by atoms with van der Waals surface area (Å²) >= 11 is 0. The lowest BCUT2D eigenvalue weighted by Crippen LogP contribution is -2.42. The van der Waals surface area contributed by atoms with Crippen molar-refractivity contribution in [1.29, 1.82) is 0 Å². The number of piperidine rings is 1. The van der Waals surface area contributed by atoms with Gasteiger partial charge in [0.2, 0.25) is 0 Å². The molecule has 34 heavy (non-hydrogen) atoms. The Balaban J connectivity index is 0.00000324. The van der Waals surface area contributed by atoms with Gasteiger partial charge in [0.15, 0.2) is 0 Å². The van der Waals surface area contributed by atoms with Crippen molar-refractivity contribution >= 4 is 25.1 Å². The zero-order valence-corrected chi connectivity index (χ0v) is 21.5. The maximum Gasteiger partial charge on any atom is 0.129 e. The Kier molecular flexibility index (Phi) is 9.12. The Bertz CT molecular complexity index is 1040. The number of rotatable bonds is 8. The fourth-order valence-electron chi connectivity index (χ4n) is 4.37. The van der Waals surface area contributed by atoms with E-state index in [9.17, 15) is 0 Å². The van der Waals surface area contributed by atoms with E-state index in [1.165, 1.54) is 18.4 Å². The maximum absolute atomic E-state index is 5.50. The Hall–Kier alpha value is -2.84. The van der Waals surface area contributed by atoms with Crippen LogP contribution in [0.25, 0.3) is 11.3 Å². The van der Waals surface area contributed by atoms with Gasteiger partial charge >= 0.3 is 0 Å². The summed E-state index contributed by atoms with van der Waals surface area (Å²) < 4.78 is 5.50. The molecule has 7 nitrogen and oxygen atoms in total. The molecule has 0 radical (unpaired) electrons. The number of aromatic nitrogens is 3. The summed E-state index contributed by atoms with van der Waals surface area (Å²) in [5, 5.41) is 3.44. The second kappa shape index (κ2) is 12.0. The number of hydrogen-bond acceptors (Lipinski definition) is 7. The highest BCUT2D eigenvalue weighted by atomic mass is 32.1. The van der Waals surface area contributed by atoms with E-state index in [1.807, 2.05) is 30.5 Å². The van der Waals surface area contributed by atoms with E-state index in [4.69, 9.17) is 9.72 Å². The molecule has 1 atom stereocenters. The van der Waals surface area contributed by atoms with Gasteiger partial charge in [-0.3, -0.25) is 0 Å². The van der Waals surface area contributed by atoms with Gasteiger partial charge in [-0.1, -0.05) is 25.1 Å². The smallest absolute Gasteiger partial charge is 0.129 e. The van der Waals surface area contributed by atoms with Crippen LogP contribution in [0.5, 0.6) is 5.75 Å². The molecule has 1 aliphatic heterocycles. The van der Waals surface area contributed by atoms with Gasteiger partial charge in [0.05, 0.1) is 12.8 Å². The van der Waals surface area contributed by atoms with Crippen LogP contribution in [0.1, 0.15) is 31.2 Å². The van der Waals surface area contributed by atoms with Crippen LogP contribution < -0.4 is 15.0 Å². The van der Waals surface area contributed by atoms with Gasteiger partial charge in [-0.2, -0.15) is 13.5 Å². The van der Waals surface area contributed by atoms with Crippen molar-refractivity contribution in [2.24, 2.45) is 0 Å². The summed E-state index contributed by atoms with van der Waals surface area (Å²) in [6, 6.07) is 14.8. The number of methoxy groups -OCH3 is 1. The molecule has 3 heterocycles. The zero-order chi connectivity index (χ0) is 23.2. The molecule has 1 aromatic carbocycles. The van der Waals surface area contributed by atoms with Crippen LogP contribution >= 0.6 is 13.5 Å². The monoisotopic (exact) mass is 480 g/mol. The molecule has 0 saturated carbocycles. The first-order valence-corrected chi connectivity index (χ1v) is 11.6. The molecular weight excluding hydrogens is 444 g/mol. The SMILES string of the molecule is COc1ccccc1[C@H](C)CNc1cc(-c2ccc(N(C)C3CCN(C)CC3)nc2)ncn1.S. The van der Waals surface area contributed by atoms with Gasteiger partial charge in [-0.15, -0.1) is 0 Å². The van der Waals surface area contributed by atoms with Crippen molar-refractivity contribution in [3.05, 3.63) is 60.6 Å². The first-order chi connectivity index (χ1) is 16.0. The number of nitrogens with one attached hydrogen (secondary N) is 1. The number of benzene rings is 1. The van der Waals surface area contributed by atoms with E-state index >= 15 is 0 Å². The first kappa shape index (κ1) is 25.8. The molecule has 1 aliphatic rings. The molecule has 0 unspecified atom stereocenters. The fourth-order valence-corrected chi connectivity index (χ4v) is 4.37. The lowest BCUT2D eigenvalue weighted by molar-refractivity contribution is 0.252. The average molecular weight is 481 g/mol. The molecule has 4 rings (SSSR count). The second-order valence-electron chi connectivity index (χ2n) is 8.86. The molecule has 182 valence electrons. The van der Waals surface area contributed by atoms with Crippen molar-refractivity contribution in [3.8, 4) is 17.0 Å². The van der Waals surface area contributed by atoms with Gasteiger partial charge < -0.3 is 19.9 Å². The standard InChI is InChI=1S/C26H34N6O.H2S/c1-19(22-7-5-6-8-24(22)33-4)16-27-25-15-23(29-18-30-25)20-9-10-26(28-17-20)32(3)21-11-13-31(2)14-12-21;/h5-10,15,17-19,21H,11-14,16H2,1-4H3,(H,27,29,30);1H2/t19-;/m1./s1. The summed E-state index contributed by atoms with van der Waals surface area (Å²) in [5.41, 5.74) is 3.02. The van der Waals surface area contributed by atoms with Crippen LogP contribution in [0.3, 0.4) is 0 Å². The minimum atomic E-state index is 0. The molecule has 0 spiro atoms. The Morgan fingerprint density at radius 2 is 1.88 bits per heavy atom. The molecule has 1 fully saturated rings. The van der Waals surface area contributed by atoms with Gasteiger partial charge in [0.25, 0.3) is 0 Å². The van der Waals surface area contributed by atoms with E-state index in [-0.39, 0.29) is 19.4 Å². The van der Waals surface area contributed by atoms with E-state index in [0.29, 0.717) is 6.04 Å². The van der Waals surface area contributed by atoms with Crippen LogP contribution in [0, 0.1) is 0 Å². The van der Waals surface area contributed by atoms with Gasteiger partial charge in [-0.25, -0.2) is 15.0 Å². The summed E-state index contributed by atoms with van der Waals surface area (Å²) in [7, 11) is 6.04.